The zero-order valence-electron chi connectivity index (χ0n) is 16.9. The van der Waals surface area contributed by atoms with E-state index in [0.29, 0.717) is 25.2 Å². The van der Waals surface area contributed by atoms with Crippen molar-refractivity contribution in [2.45, 2.75) is 32.4 Å². The van der Waals surface area contributed by atoms with E-state index in [1.54, 1.807) is 6.92 Å². The van der Waals surface area contributed by atoms with Gasteiger partial charge in [0.1, 0.15) is 0 Å². The van der Waals surface area contributed by atoms with Crippen LogP contribution in [0.3, 0.4) is 0 Å². The van der Waals surface area contributed by atoms with Crippen LogP contribution < -0.4 is 15.7 Å². The molecule has 0 atom stereocenters. The lowest BCUT2D eigenvalue weighted by Gasteiger charge is -2.21. The molecule has 0 spiro atoms. The number of amides is 1. The van der Waals surface area contributed by atoms with Crippen molar-refractivity contribution in [2.75, 3.05) is 10.7 Å². The van der Waals surface area contributed by atoms with Crippen LogP contribution in [0.2, 0.25) is 0 Å². The van der Waals surface area contributed by atoms with Gasteiger partial charge in [0, 0.05) is 18.8 Å². The first-order valence-corrected chi connectivity index (χ1v) is 11.1. The van der Waals surface area contributed by atoms with Crippen LogP contribution in [0.25, 0.3) is 16.6 Å². The molecule has 2 aromatic heterocycles. The number of nitrogens with zero attached hydrogens (tertiary/aromatic N) is 4. The lowest BCUT2D eigenvalue weighted by atomic mass is 10.1. The number of rotatable bonds is 6. The fourth-order valence-corrected chi connectivity index (χ4v) is 4.02. The molecule has 1 N–H and O–H groups in total. The average molecular weight is 473 g/mol. The first kappa shape index (κ1) is 23.2. The molecule has 0 aliphatic carbocycles. The fourth-order valence-electron chi connectivity index (χ4n) is 3.12. The number of hydrogen-bond acceptors (Lipinski definition) is 6. The molecule has 0 aliphatic heterocycles. The zero-order valence-corrected chi connectivity index (χ0v) is 17.7. The maximum absolute atomic E-state index is 13.6. The number of aromatic nitrogens is 4. The van der Waals surface area contributed by atoms with Gasteiger partial charge in [0.15, 0.2) is 0 Å². The van der Waals surface area contributed by atoms with E-state index < -0.39 is 55.5 Å². The van der Waals surface area contributed by atoms with Gasteiger partial charge in [0.25, 0.3) is 21.5 Å². The SMILES string of the molecule is CCCCC(=O)N(n1c(=O)[nH]c2cc(C(F)(F)F)c(-n3ccnc3)cc2c1=O)S(C)(=O)=O. The number of fused-ring (bicyclic) bond motifs is 1. The number of nitrogens with one attached hydrogen (secondary N) is 1. The van der Waals surface area contributed by atoms with E-state index in [9.17, 15) is 36.0 Å². The summed E-state index contributed by atoms with van der Waals surface area (Å²) >= 11 is 0. The van der Waals surface area contributed by atoms with Gasteiger partial charge in [-0.1, -0.05) is 13.3 Å². The first-order valence-electron chi connectivity index (χ1n) is 9.28. The Labute approximate surface area is 178 Å². The highest BCUT2D eigenvalue weighted by Gasteiger charge is 2.35. The highest BCUT2D eigenvalue weighted by Crippen LogP contribution is 2.35. The molecule has 1 aromatic carbocycles. The van der Waals surface area contributed by atoms with Gasteiger partial charge in [-0.05, 0) is 18.6 Å². The minimum Gasteiger partial charge on any atom is -0.306 e. The minimum absolute atomic E-state index is 0.0395. The van der Waals surface area contributed by atoms with E-state index in [2.05, 4.69) is 9.97 Å². The van der Waals surface area contributed by atoms with Gasteiger partial charge >= 0.3 is 11.9 Å². The Balaban J connectivity index is 2.37. The second-order valence-electron chi connectivity index (χ2n) is 6.93. The fraction of sp³-hybridized carbons (Fsp3) is 0.333. The molecule has 0 bridgehead atoms. The van der Waals surface area contributed by atoms with E-state index in [1.165, 1.54) is 12.4 Å². The van der Waals surface area contributed by atoms with E-state index in [1.807, 2.05) is 0 Å². The third kappa shape index (κ3) is 4.30. The van der Waals surface area contributed by atoms with Gasteiger partial charge in [0.2, 0.25) is 0 Å². The summed E-state index contributed by atoms with van der Waals surface area (Å²) < 4.78 is 66.5. The summed E-state index contributed by atoms with van der Waals surface area (Å²) in [4.78, 5) is 43.9. The van der Waals surface area contributed by atoms with Crippen molar-refractivity contribution in [2.24, 2.45) is 0 Å². The number of carbonyl (C=O) groups excluding carboxylic acids is 1. The van der Waals surface area contributed by atoms with E-state index >= 15 is 0 Å². The molecular weight excluding hydrogens is 455 g/mol. The number of alkyl halides is 3. The number of carbonyl (C=O) groups is 1. The van der Waals surface area contributed by atoms with Crippen LogP contribution in [0.4, 0.5) is 13.2 Å². The number of benzene rings is 1. The summed E-state index contributed by atoms with van der Waals surface area (Å²) in [6.45, 7) is 1.75. The van der Waals surface area contributed by atoms with Crippen LogP contribution in [0.15, 0.2) is 40.4 Å². The van der Waals surface area contributed by atoms with Crippen molar-refractivity contribution < 1.29 is 26.4 Å². The minimum atomic E-state index is -4.84. The van der Waals surface area contributed by atoms with Crippen LogP contribution in [-0.2, 0) is 21.0 Å². The Kier molecular flexibility index (Phi) is 6.00. The summed E-state index contributed by atoms with van der Waals surface area (Å²) in [5.74, 6) is -1.02. The molecule has 1 amide bonds. The second kappa shape index (κ2) is 8.26. The molecule has 0 radical (unpaired) electrons. The summed E-state index contributed by atoms with van der Waals surface area (Å²) in [6, 6.07) is 1.42. The number of sulfonamides is 1. The number of aromatic amines is 1. The van der Waals surface area contributed by atoms with Crippen molar-refractivity contribution in [1.82, 2.24) is 19.2 Å². The summed E-state index contributed by atoms with van der Waals surface area (Å²) in [5, 5.41) is -0.432. The number of halogens is 3. The van der Waals surface area contributed by atoms with Crippen LogP contribution in [0.5, 0.6) is 0 Å². The topological polar surface area (TPSA) is 127 Å². The predicted octanol–water partition coefficient (Wildman–Crippen LogP) is 1.51. The van der Waals surface area contributed by atoms with Gasteiger partial charge < -0.3 is 9.55 Å². The molecule has 0 saturated heterocycles. The standard InChI is InChI=1S/C18H18F3N5O5S/c1-3-4-5-15(27)26(32(2,30)31)25-16(28)11-8-14(24-7-6-22-10-24)12(18(19,20)21)9-13(11)23-17(25)29/h6-10H,3-5H2,1-2H3,(H,23,29). The van der Waals surface area contributed by atoms with E-state index in [4.69, 9.17) is 0 Å². The molecule has 0 fully saturated rings. The Morgan fingerprint density at radius 3 is 2.47 bits per heavy atom. The van der Waals surface area contributed by atoms with Crippen LogP contribution in [-0.4, -0.2) is 39.8 Å². The highest BCUT2D eigenvalue weighted by atomic mass is 32.2. The van der Waals surface area contributed by atoms with Crippen molar-refractivity contribution >= 4 is 26.8 Å². The lowest BCUT2D eigenvalue weighted by molar-refractivity contribution is -0.137. The van der Waals surface area contributed by atoms with Crippen molar-refractivity contribution in [1.29, 1.82) is 0 Å². The predicted molar refractivity (Wildman–Crippen MR) is 109 cm³/mol. The van der Waals surface area contributed by atoms with Crippen molar-refractivity contribution in [3.05, 3.63) is 57.3 Å². The molecule has 0 unspecified atom stereocenters. The Morgan fingerprint density at radius 1 is 1.25 bits per heavy atom. The monoisotopic (exact) mass is 473 g/mol. The lowest BCUT2D eigenvalue weighted by Crippen LogP contribution is -2.55. The smallest absolute Gasteiger partial charge is 0.306 e. The largest absolute Gasteiger partial charge is 0.418 e. The molecule has 3 rings (SSSR count). The van der Waals surface area contributed by atoms with Crippen LogP contribution in [0, 0.1) is 0 Å². The van der Waals surface area contributed by atoms with Gasteiger partial charge in [-0.15, -0.1) is 9.09 Å². The van der Waals surface area contributed by atoms with Gasteiger partial charge in [-0.25, -0.2) is 18.2 Å². The molecule has 10 nitrogen and oxygen atoms in total. The number of unbranched alkanes of at least 4 members (excludes halogenated alkanes) is 1. The number of hydrogen-bond donors (Lipinski definition) is 1. The van der Waals surface area contributed by atoms with Crippen LogP contribution in [0.1, 0.15) is 31.7 Å². The maximum atomic E-state index is 13.6. The molecule has 3 aromatic rings. The molecule has 0 aliphatic rings. The van der Waals surface area contributed by atoms with Gasteiger partial charge in [0.05, 0.1) is 34.7 Å². The molecule has 32 heavy (non-hydrogen) atoms. The van der Waals surface area contributed by atoms with Crippen LogP contribution >= 0.6 is 0 Å². The highest BCUT2D eigenvalue weighted by molar-refractivity contribution is 7.92. The quantitative estimate of drug-likeness (QED) is 0.578. The molecular formula is C18H18F3N5O5S. The zero-order chi connectivity index (χ0) is 23.8. The van der Waals surface area contributed by atoms with E-state index in [0.717, 1.165) is 17.0 Å². The average Bonchev–Trinajstić information content (AvgIpc) is 3.21. The molecule has 172 valence electrons. The first-order chi connectivity index (χ1) is 14.9. The molecule has 0 saturated carbocycles. The maximum Gasteiger partial charge on any atom is 0.418 e. The Morgan fingerprint density at radius 2 is 1.94 bits per heavy atom. The van der Waals surface area contributed by atoms with E-state index in [-0.39, 0.29) is 15.5 Å². The Hall–Kier alpha value is -3.42. The van der Waals surface area contributed by atoms with Gasteiger partial charge in [-0.3, -0.25) is 9.59 Å². The third-order valence-electron chi connectivity index (χ3n) is 4.53. The Bertz CT molecular complexity index is 1390. The number of H-pyrrole nitrogens is 1. The van der Waals surface area contributed by atoms with Gasteiger partial charge in [-0.2, -0.15) is 13.2 Å². The number of imidazole rings is 1. The molecule has 14 heteroatoms. The third-order valence-corrected chi connectivity index (χ3v) is 5.53. The molecule has 2 heterocycles. The summed E-state index contributed by atoms with van der Waals surface area (Å²) in [7, 11) is -4.41. The van der Waals surface area contributed by atoms with Crippen molar-refractivity contribution in [3.8, 4) is 5.69 Å². The van der Waals surface area contributed by atoms with Crippen molar-refractivity contribution in [3.63, 3.8) is 0 Å². The summed E-state index contributed by atoms with van der Waals surface area (Å²) in [5.41, 5.74) is -4.74. The summed E-state index contributed by atoms with van der Waals surface area (Å²) in [6.07, 6.45) is -0.0971. The normalized spacial score (nSPS) is 12.3. The second-order valence-corrected chi connectivity index (χ2v) is 8.74.